The topological polar surface area (TPSA) is 545 Å². The first-order valence-corrected chi connectivity index (χ1v) is 43.3. The van der Waals surface area contributed by atoms with Crippen LogP contribution < -0.4 is 0 Å². The number of carbonyl (C=O) groups is 2. The number of aliphatic hydroxyl groups excluding tert-OH is 16. The van der Waals surface area contributed by atoms with Gasteiger partial charge in [0.1, 0.15) is 104 Å². The van der Waals surface area contributed by atoms with Gasteiger partial charge >= 0.3 is 11.9 Å². The van der Waals surface area contributed by atoms with Crippen molar-refractivity contribution in [3.05, 3.63) is 11.9 Å². The molecule has 706 valence electrons. The van der Waals surface area contributed by atoms with E-state index >= 15 is 0 Å². The fourth-order valence-corrected chi connectivity index (χ4v) is 11.3. The molecule has 0 spiro atoms. The van der Waals surface area contributed by atoms with Gasteiger partial charge in [-0.1, -0.05) is 160 Å². The molecule has 0 saturated carbocycles. The smallest absolute Gasteiger partial charge is 0.306 e. The second-order valence-electron chi connectivity index (χ2n) is 30.2. The monoisotopic (exact) mass is 1730 g/mol. The number of rotatable bonds is 92. The van der Waals surface area contributed by atoms with Crippen LogP contribution in [-0.2, 0) is 103 Å². The number of hydrogen-bond donors (Lipinski definition) is 16. The molecule has 0 radical (unpaired) electrons. The molecule has 119 heavy (non-hydrogen) atoms. The first-order chi connectivity index (χ1) is 57.8. The third-order valence-electron chi connectivity index (χ3n) is 18.3. The molecule has 1 heterocycles. The fraction of sp³-hybridized carbons (Fsp3) is 0.951. The van der Waals surface area contributed by atoms with E-state index in [4.69, 9.17) is 80.5 Å². The van der Waals surface area contributed by atoms with Crippen LogP contribution in [0.2, 0.25) is 0 Å². The van der Waals surface area contributed by atoms with Gasteiger partial charge in [-0.05, 0) is 12.8 Å². The summed E-state index contributed by atoms with van der Waals surface area (Å²) in [6.45, 7) is -7.83. The Labute approximate surface area is 704 Å². The Hall–Kier alpha value is -3.16. The molecule has 1 rings (SSSR count). The van der Waals surface area contributed by atoms with Crippen molar-refractivity contribution in [1.29, 1.82) is 0 Å². The van der Waals surface area contributed by atoms with Crippen LogP contribution in [-0.4, -0.2) is 411 Å². The van der Waals surface area contributed by atoms with Gasteiger partial charge in [0.05, 0.1) is 218 Å². The minimum atomic E-state index is -1.26. The zero-order valence-electron chi connectivity index (χ0n) is 71.3. The molecule has 0 aliphatic carbocycles. The van der Waals surface area contributed by atoms with E-state index in [1.165, 1.54) is 88.2 Å². The molecule has 0 bridgehead atoms. The average molecular weight is 1730 g/mol. The normalized spacial score (nSPS) is 16.2. The standard InChI is InChI=1S/C81H157N3O35/c1-3-5-7-9-11-13-14-15-16-17-18-20-21-23-25-27-80(101)118-56-72(119-81(102)28-26-24-22-19-12-10-8-6-4-2)30-84-29-63(82-83-84)39-111-77(57-116-78(59-112-73(48-103-40-64(93)31-85)49-104-41-65(94)32-86)60-113-74(50-105-42-66(95)33-87)51-106-43-67(96)34-88)58-117-79(61-114-75(52-107-44-68(97)35-89)53-108-45-69(98)36-90)62-115-76(54-109-46-70(99)37-91)55-110-47-71(100)38-92/h29,64-79,85-100H,3-28,30-62H2,1-2H3. The van der Waals surface area contributed by atoms with Gasteiger partial charge in [0, 0.05) is 12.8 Å². The lowest BCUT2D eigenvalue weighted by Crippen LogP contribution is -2.40. The Morgan fingerprint density at radius 3 is 0.765 bits per heavy atom. The first-order valence-electron chi connectivity index (χ1n) is 43.3. The maximum Gasteiger partial charge on any atom is 0.306 e. The Morgan fingerprint density at radius 1 is 0.286 bits per heavy atom. The van der Waals surface area contributed by atoms with Crippen LogP contribution in [0.5, 0.6) is 0 Å². The van der Waals surface area contributed by atoms with E-state index < -0.39 is 162 Å². The molecular weight excluding hydrogens is 1570 g/mol. The lowest BCUT2D eigenvalue weighted by Gasteiger charge is -2.29. The van der Waals surface area contributed by atoms with Crippen LogP contribution in [0, 0.1) is 0 Å². The summed E-state index contributed by atoms with van der Waals surface area (Å²) in [6.07, 6.45) is 10.6. The van der Waals surface area contributed by atoms with Crippen LogP contribution in [0.25, 0.3) is 0 Å². The van der Waals surface area contributed by atoms with Crippen molar-refractivity contribution < 1.29 is 172 Å². The van der Waals surface area contributed by atoms with Crippen molar-refractivity contribution in [3.8, 4) is 0 Å². The van der Waals surface area contributed by atoms with E-state index in [1.807, 2.05) is 0 Å². The Kier molecular flexibility index (Phi) is 77.2. The quantitative estimate of drug-likeness (QED) is 0.0303. The Balaban J connectivity index is 3.99. The molecule has 0 saturated heterocycles. The highest BCUT2D eigenvalue weighted by Crippen LogP contribution is 2.18. The predicted octanol–water partition coefficient (Wildman–Crippen LogP) is 0.0703. The lowest BCUT2D eigenvalue weighted by atomic mass is 10.0. The Bertz CT molecular complexity index is 2130. The van der Waals surface area contributed by atoms with E-state index in [2.05, 4.69) is 24.2 Å². The molecule has 1 aromatic heterocycles. The SMILES string of the molecule is CCCCCCCCCCCCCCCCCC(=O)OCC(Cn1cc(COC(COC(COC(COCC(O)CO)COCC(O)CO)COC(COCC(O)CO)COCC(O)CO)COC(COC(COCC(O)CO)COCC(O)CO)COC(COCC(O)CO)COCC(O)CO)nn1)OC(=O)CCCCCCCCCCC. The zero-order valence-corrected chi connectivity index (χ0v) is 71.3. The van der Waals surface area contributed by atoms with Crippen LogP contribution in [0.4, 0.5) is 0 Å². The van der Waals surface area contributed by atoms with Crippen LogP contribution in [0.3, 0.4) is 0 Å². The summed E-state index contributed by atoms with van der Waals surface area (Å²) in [4.78, 5) is 26.9. The number of aromatic nitrogens is 3. The van der Waals surface area contributed by atoms with Gasteiger partial charge in [0.15, 0.2) is 6.10 Å². The molecular formula is C81H157N3O35. The summed E-state index contributed by atoms with van der Waals surface area (Å²) in [5, 5.41) is 166. The highest BCUT2D eigenvalue weighted by atomic mass is 16.6. The minimum absolute atomic E-state index is 0.0772. The highest BCUT2D eigenvalue weighted by Gasteiger charge is 2.28. The average Bonchev–Trinajstić information content (AvgIpc) is 1.78. The summed E-state index contributed by atoms with van der Waals surface area (Å²) >= 11 is 0. The third kappa shape index (κ3) is 68.7. The number of hydrogen-bond acceptors (Lipinski definition) is 37. The van der Waals surface area contributed by atoms with Crippen molar-refractivity contribution in [2.75, 3.05) is 205 Å². The van der Waals surface area contributed by atoms with Gasteiger partial charge in [-0.15, -0.1) is 5.10 Å². The van der Waals surface area contributed by atoms with E-state index in [1.54, 1.807) is 6.20 Å². The maximum atomic E-state index is 13.6. The van der Waals surface area contributed by atoms with Crippen molar-refractivity contribution in [1.82, 2.24) is 15.0 Å². The highest BCUT2D eigenvalue weighted by molar-refractivity contribution is 5.70. The van der Waals surface area contributed by atoms with Gasteiger partial charge in [-0.3, -0.25) is 9.59 Å². The summed E-state index contributed by atoms with van der Waals surface area (Å²) in [7, 11) is 0. The van der Waals surface area contributed by atoms with Crippen molar-refractivity contribution in [3.63, 3.8) is 0 Å². The molecule has 16 N–H and O–H groups in total. The molecule has 38 heteroatoms. The lowest BCUT2D eigenvalue weighted by molar-refractivity contribution is -0.166. The molecule has 0 amide bonds. The van der Waals surface area contributed by atoms with E-state index in [9.17, 15) is 91.3 Å². The molecule has 9 unspecified atom stereocenters. The van der Waals surface area contributed by atoms with Crippen LogP contribution in [0.15, 0.2) is 6.20 Å². The second-order valence-corrected chi connectivity index (χ2v) is 30.2. The number of aliphatic hydroxyl groups is 16. The molecule has 0 aliphatic rings. The maximum absolute atomic E-state index is 13.6. The largest absolute Gasteiger partial charge is 0.462 e. The number of ether oxygens (including phenoxy) is 17. The molecule has 38 nitrogen and oxygen atoms in total. The van der Waals surface area contributed by atoms with Crippen molar-refractivity contribution in [2.45, 2.75) is 292 Å². The molecule has 1 aromatic rings. The molecule has 0 fully saturated rings. The van der Waals surface area contributed by atoms with E-state index in [0.717, 1.165) is 57.8 Å². The fourth-order valence-electron chi connectivity index (χ4n) is 11.3. The first kappa shape index (κ1) is 114. The molecule has 9 atom stereocenters. The van der Waals surface area contributed by atoms with Crippen LogP contribution in [0.1, 0.15) is 186 Å². The second kappa shape index (κ2) is 80.7. The summed E-state index contributed by atoms with van der Waals surface area (Å²) in [5.74, 6) is -0.891. The van der Waals surface area contributed by atoms with E-state index in [0.29, 0.717) is 12.8 Å². The summed E-state index contributed by atoms with van der Waals surface area (Å²) in [5.41, 5.74) is 0.244. The van der Waals surface area contributed by atoms with Gasteiger partial charge in [-0.2, -0.15) is 0 Å². The predicted molar refractivity (Wildman–Crippen MR) is 431 cm³/mol. The minimum Gasteiger partial charge on any atom is -0.462 e. The van der Waals surface area contributed by atoms with Gasteiger partial charge in [0.25, 0.3) is 0 Å². The van der Waals surface area contributed by atoms with Crippen molar-refractivity contribution >= 4 is 11.9 Å². The number of unbranched alkanes of at least 4 members (excludes halogenated alkanes) is 22. The molecule has 0 aliphatic heterocycles. The summed E-state index contributed by atoms with van der Waals surface area (Å²) < 4.78 is 103. The van der Waals surface area contributed by atoms with Gasteiger partial charge in [-0.25, -0.2) is 4.68 Å². The number of esters is 2. The van der Waals surface area contributed by atoms with E-state index in [-0.39, 0.29) is 184 Å². The van der Waals surface area contributed by atoms with Crippen molar-refractivity contribution in [2.24, 2.45) is 0 Å². The Morgan fingerprint density at radius 2 is 0.513 bits per heavy atom. The third-order valence-corrected chi connectivity index (χ3v) is 18.3. The van der Waals surface area contributed by atoms with Gasteiger partial charge < -0.3 is 162 Å². The van der Waals surface area contributed by atoms with Gasteiger partial charge in [0.2, 0.25) is 0 Å². The zero-order chi connectivity index (χ0) is 87.4. The molecule has 0 aromatic carbocycles. The number of nitrogens with zero attached hydrogens (tertiary/aromatic N) is 3. The summed E-state index contributed by atoms with van der Waals surface area (Å²) in [6, 6.07) is 0. The number of carbonyl (C=O) groups excluding carboxylic acids is 2. The van der Waals surface area contributed by atoms with Crippen LogP contribution >= 0.6 is 0 Å².